The van der Waals surface area contributed by atoms with E-state index in [4.69, 9.17) is 4.74 Å². The maximum atomic E-state index is 12.2. The van der Waals surface area contributed by atoms with Crippen molar-refractivity contribution < 1.29 is 9.53 Å². The van der Waals surface area contributed by atoms with Crippen LogP contribution in [0.5, 0.6) is 0 Å². The van der Waals surface area contributed by atoms with Gasteiger partial charge in [0.15, 0.2) is 6.10 Å². The summed E-state index contributed by atoms with van der Waals surface area (Å²) in [5, 5.41) is 6.12. The van der Waals surface area contributed by atoms with Crippen molar-refractivity contribution in [2.75, 3.05) is 13.7 Å². The van der Waals surface area contributed by atoms with E-state index in [0.717, 1.165) is 22.7 Å². The number of carbonyl (C=O) groups excluding carboxylic acids is 1. The third-order valence-electron chi connectivity index (χ3n) is 3.32. The van der Waals surface area contributed by atoms with Crippen LogP contribution in [0, 0.1) is 0 Å². The molecule has 0 unspecified atom stereocenters. The predicted molar refractivity (Wildman–Crippen MR) is 89.1 cm³/mol. The number of carbonyl (C=O) groups is 1. The van der Waals surface area contributed by atoms with Crippen LogP contribution in [-0.4, -0.2) is 24.5 Å². The van der Waals surface area contributed by atoms with Crippen LogP contribution in [0.3, 0.4) is 0 Å². The second-order valence-electron chi connectivity index (χ2n) is 5.40. The number of nitrogens with zero attached hydrogens (tertiary/aromatic N) is 1. The summed E-state index contributed by atoms with van der Waals surface area (Å²) in [5.41, 5.74) is 1.89. The normalized spacial score (nSPS) is 12.4. The highest BCUT2D eigenvalue weighted by Gasteiger charge is 2.19. The van der Waals surface area contributed by atoms with E-state index in [1.54, 1.807) is 18.4 Å². The van der Waals surface area contributed by atoms with Crippen molar-refractivity contribution in [1.82, 2.24) is 10.3 Å². The van der Waals surface area contributed by atoms with Crippen molar-refractivity contribution in [3.8, 4) is 0 Å². The molecule has 1 atom stereocenters. The van der Waals surface area contributed by atoms with E-state index in [2.05, 4.69) is 29.5 Å². The van der Waals surface area contributed by atoms with Gasteiger partial charge in [-0.2, -0.15) is 0 Å². The zero-order chi connectivity index (χ0) is 15.9. The summed E-state index contributed by atoms with van der Waals surface area (Å²) in [7, 11) is 1.55. The van der Waals surface area contributed by atoms with Gasteiger partial charge in [0.25, 0.3) is 5.91 Å². The molecule has 0 aliphatic heterocycles. The molecule has 0 bridgehead atoms. The molecule has 2 aromatic rings. The molecule has 4 nitrogen and oxygen atoms in total. The van der Waals surface area contributed by atoms with Crippen molar-refractivity contribution in [1.29, 1.82) is 0 Å². The van der Waals surface area contributed by atoms with Gasteiger partial charge in [-0.15, -0.1) is 11.3 Å². The summed E-state index contributed by atoms with van der Waals surface area (Å²) >= 11 is 1.68. The SMILES string of the molecule is CO[C@@H](C(=O)NCCc1csc(C(C)C)n1)c1ccccc1. The van der Waals surface area contributed by atoms with E-state index in [-0.39, 0.29) is 5.91 Å². The van der Waals surface area contributed by atoms with E-state index in [9.17, 15) is 4.79 Å². The van der Waals surface area contributed by atoms with Gasteiger partial charge in [0.1, 0.15) is 0 Å². The van der Waals surface area contributed by atoms with Crippen molar-refractivity contribution in [3.05, 3.63) is 52.0 Å². The molecule has 0 fully saturated rings. The highest BCUT2D eigenvalue weighted by atomic mass is 32.1. The first kappa shape index (κ1) is 16.6. The molecule has 22 heavy (non-hydrogen) atoms. The fraction of sp³-hybridized carbons (Fsp3) is 0.412. The van der Waals surface area contributed by atoms with Crippen molar-refractivity contribution in [2.24, 2.45) is 0 Å². The number of amides is 1. The van der Waals surface area contributed by atoms with Crippen LogP contribution in [0.25, 0.3) is 0 Å². The summed E-state index contributed by atoms with van der Waals surface area (Å²) in [6.45, 7) is 4.83. The lowest BCUT2D eigenvalue weighted by atomic mass is 10.1. The molecule has 1 aromatic carbocycles. The molecule has 0 aliphatic carbocycles. The van der Waals surface area contributed by atoms with Crippen LogP contribution >= 0.6 is 11.3 Å². The minimum atomic E-state index is -0.567. The number of methoxy groups -OCH3 is 1. The zero-order valence-corrected chi connectivity index (χ0v) is 14.0. The first-order chi connectivity index (χ1) is 10.6. The fourth-order valence-corrected chi connectivity index (χ4v) is 3.00. The van der Waals surface area contributed by atoms with E-state index >= 15 is 0 Å². The van der Waals surface area contributed by atoms with Crippen LogP contribution < -0.4 is 5.32 Å². The standard InChI is InChI=1S/C17H22N2O2S/c1-12(2)17-19-14(11-22-17)9-10-18-16(20)15(21-3)13-7-5-4-6-8-13/h4-8,11-12,15H,9-10H2,1-3H3,(H,18,20)/t15-/m1/s1. The molecule has 1 amide bonds. The van der Waals surface area contributed by atoms with Gasteiger partial charge >= 0.3 is 0 Å². The molecule has 2 rings (SSSR count). The Hall–Kier alpha value is -1.72. The number of hydrogen-bond donors (Lipinski definition) is 1. The molecule has 118 valence electrons. The van der Waals surface area contributed by atoms with Gasteiger partial charge in [-0.05, 0) is 5.56 Å². The van der Waals surface area contributed by atoms with Crippen molar-refractivity contribution >= 4 is 17.2 Å². The summed E-state index contributed by atoms with van der Waals surface area (Å²) in [4.78, 5) is 16.8. The highest BCUT2D eigenvalue weighted by Crippen LogP contribution is 2.19. The Morgan fingerprint density at radius 2 is 2.05 bits per heavy atom. The Bertz CT molecular complexity index is 596. The molecular formula is C17H22N2O2S. The minimum absolute atomic E-state index is 0.118. The van der Waals surface area contributed by atoms with Gasteiger partial charge in [-0.1, -0.05) is 44.2 Å². The molecule has 0 radical (unpaired) electrons. The van der Waals surface area contributed by atoms with Crippen LogP contribution in [0.2, 0.25) is 0 Å². The predicted octanol–water partition coefficient (Wildman–Crippen LogP) is 3.31. The van der Waals surface area contributed by atoms with Crippen LogP contribution in [0.1, 0.15) is 42.1 Å². The fourth-order valence-electron chi connectivity index (χ4n) is 2.13. The van der Waals surface area contributed by atoms with Crippen molar-refractivity contribution in [3.63, 3.8) is 0 Å². The second-order valence-corrected chi connectivity index (χ2v) is 6.29. The number of hydrogen-bond acceptors (Lipinski definition) is 4. The maximum Gasteiger partial charge on any atom is 0.253 e. The van der Waals surface area contributed by atoms with Gasteiger partial charge in [-0.3, -0.25) is 4.79 Å². The first-order valence-electron chi connectivity index (χ1n) is 7.41. The molecule has 0 aliphatic rings. The average Bonchev–Trinajstić information content (AvgIpc) is 2.98. The molecule has 0 saturated carbocycles. The number of aromatic nitrogens is 1. The van der Waals surface area contributed by atoms with Crippen LogP contribution in [-0.2, 0) is 16.0 Å². The smallest absolute Gasteiger partial charge is 0.253 e. The second kappa shape index (κ2) is 8.06. The highest BCUT2D eigenvalue weighted by molar-refractivity contribution is 7.09. The number of ether oxygens (including phenoxy) is 1. The van der Waals surface area contributed by atoms with Gasteiger partial charge in [-0.25, -0.2) is 4.98 Å². The topological polar surface area (TPSA) is 51.2 Å². The lowest BCUT2D eigenvalue weighted by molar-refractivity contribution is -0.131. The van der Waals surface area contributed by atoms with E-state index < -0.39 is 6.10 Å². The maximum absolute atomic E-state index is 12.2. The average molecular weight is 318 g/mol. The third-order valence-corrected chi connectivity index (χ3v) is 4.51. The van der Waals surface area contributed by atoms with Gasteiger partial charge in [0, 0.05) is 31.4 Å². The monoisotopic (exact) mass is 318 g/mol. The van der Waals surface area contributed by atoms with Crippen molar-refractivity contribution in [2.45, 2.75) is 32.3 Å². The Morgan fingerprint density at radius 1 is 1.32 bits per heavy atom. The Balaban J connectivity index is 1.86. The molecular weight excluding hydrogens is 296 g/mol. The molecule has 1 N–H and O–H groups in total. The first-order valence-corrected chi connectivity index (χ1v) is 8.29. The number of thiazole rings is 1. The Morgan fingerprint density at radius 3 is 2.64 bits per heavy atom. The zero-order valence-electron chi connectivity index (χ0n) is 13.2. The Labute approximate surface area is 135 Å². The summed E-state index contributed by atoms with van der Waals surface area (Å²) in [6, 6.07) is 9.50. The third kappa shape index (κ3) is 4.39. The number of benzene rings is 1. The minimum Gasteiger partial charge on any atom is -0.367 e. The van der Waals surface area contributed by atoms with Gasteiger partial charge < -0.3 is 10.1 Å². The number of nitrogens with one attached hydrogen (secondary N) is 1. The van der Waals surface area contributed by atoms with Crippen LogP contribution in [0.4, 0.5) is 0 Å². The lowest BCUT2D eigenvalue weighted by Gasteiger charge is -2.15. The van der Waals surface area contributed by atoms with E-state index in [1.807, 2.05) is 30.3 Å². The quantitative estimate of drug-likeness (QED) is 0.852. The summed E-state index contributed by atoms with van der Waals surface area (Å²) in [5.74, 6) is 0.331. The Kier molecular flexibility index (Phi) is 6.10. The molecule has 1 aromatic heterocycles. The molecule has 1 heterocycles. The summed E-state index contributed by atoms with van der Waals surface area (Å²) < 4.78 is 5.31. The van der Waals surface area contributed by atoms with E-state index in [0.29, 0.717) is 12.5 Å². The number of rotatable bonds is 7. The molecule has 5 heteroatoms. The lowest BCUT2D eigenvalue weighted by Crippen LogP contribution is -2.32. The summed E-state index contributed by atoms with van der Waals surface area (Å²) in [6.07, 6.45) is 0.169. The molecule has 0 saturated heterocycles. The van der Waals surface area contributed by atoms with Crippen LogP contribution in [0.15, 0.2) is 35.7 Å². The van der Waals surface area contributed by atoms with Gasteiger partial charge in [0.2, 0.25) is 0 Å². The van der Waals surface area contributed by atoms with E-state index in [1.165, 1.54) is 0 Å². The molecule has 0 spiro atoms. The largest absolute Gasteiger partial charge is 0.367 e. The van der Waals surface area contributed by atoms with Gasteiger partial charge in [0.05, 0.1) is 10.7 Å².